The van der Waals surface area contributed by atoms with Crippen molar-refractivity contribution in [1.82, 2.24) is 9.78 Å². The Morgan fingerprint density at radius 1 is 1.18 bits per heavy atom. The fourth-order valence-electron chi connectivity index (χ4n) is 2.43. The van der Waals surface area contributed by atoms with Crippen LogP contribution in [0, 0.1) is 10.1 Å². The highest BCUT2D eigenvalue weighted by Gasteiger charge is 2.33. The van der Waals surface area contributed by atoms with E-state index in [1.807, 2.05) is 18.2 Å². The molecule has 0 saturated carbocycles. The van der Waals surface area contributed by atoms with Gasteiger partial charge in [0.05, 0.1) is 27.9 Å². The van der Waals surface area contributed by atoms with Crippen LogP contribution in [0.3, 0.4) is 0 Å². The van der Waals surface area contributed by atoms with Crippen LogP contribution < -0.4 is 4.74 Å². The maximum absolute atomic E-state index is 12.9. The van der Waals surface area contributed by atoms with Crippen LogP contribution in [0.1, 0.15) is 15.9 Å². The Hall–Kier alpha value is -3.53. The molecular formula is C18H12BrN3O6. The smallest absolute Gasteiger partial charge is 0.451 e. The summed E-state index contributed by atoms with van der Waals surface area (Å²) < 4.78 is 7.24. The van der Waals surface area contributed by atoms with Crippen LogP contribution in [-0.2, 0) is 4.79 Å². The number of carbonyl (C=O) groups is 2. The topological polar surface area (TPSA) is 125 Å². The number of carboxylic acid groups (broad SMARTS) is 1. The minimum Gasteiger partial charge on any atom is -0.473 e. The molecule has 0 aliphatic rings. The molecule has 10 heteroatoms. The number of halogens is 1. The van der Waals surface area contributed by atoms with E-state index < -0.39 is 22.9 Å². The number of carboxylic acids is 1. The van der Waals surface area contributed by atoms with Gasteiger partial charge < -0.3 is 9.84 Å². The molecule has 0 bridgehead atoms. The van der Waals surface area contributed by atoms with Gasteiger partial charge in [0.15, 0.2) is 5.78 Å². The average molecular weight is 446 g/mol. The first-order valence-corrected chi connectivity index (χ1v) is 8.64. The van der Waals surface area contributed by atoms with Gasteiger partial charge in [-0.25, -0.2) is 9.48 Å². The monoisotopic (exact) mass is 445 g/mol. The molecule has 28 heavy (non-hydrogen) atoms. The van der Waals surface area contributed by atoms with Crippen molar-refractivity contribution in [1.29, 1.82) is 0 Å². The summed E-state index contributed by atoms with van der Waals surface area (Å²) in [7, 11) is 0. The zero-order chi connectivity index (χ0) is 20.3. The van der Waals surface area contributed by atoms with Crippen LogP contribution in [0.15, 0.2) is 65.4 Å². The van der Waals surface area contributed by atoms with E-state index in [0.29, 0.717) is 5.69 Å². The van der Waals surface area contributed by atoms with Crippen molar-refractivity contribution >= 4 is 27.7 Å². The summed E-state index contributed by atoms with van der Waals surface area (Å²) in [6.45, 7) is 0. The van der Waals surface area contributed by atoms with Crippen LogP contribution in [0.4, 0.5) is 0 Å². The molecule has 0 amide bonds. The molecule has 142 valence electrons. The number of carbonyl (C=O) groups excluding carboxylic acids is 1. The summed E-state index contributed by atoms with van der Waals surface area (Å²) in [5.41, 5.74) is 0.910. The van der Waals surface area contributed by atoms with Gasteiger partial charge in [-0.15, -0.1) is 0 Å². The second-order valence-electron chi connectivity index (χ2n) is 5.54. The maximum atomic E-state index is 12.9. The van der Waals surface area contributed by atoms with Gasteiger partial charge in [-0.3, -0.25) is 14.9 Å². The van der Waals surface area contributed by atoms with E-state index in [1.54, 1.807) is 12.1 Å². The average Bonchev–Trinajstić information content (AvgIpc) is 3.15. The Morgan fingerprint density at radius 3 is 2.54 bits per heavy atom. The van der Waals surface area contributed by atoms with Gasteiger partial charge in [0.1, 0.15) is 5.75 Å². The van der Waals surface area contributed by atoms with E-state index >= 15 is 0 Å². The standard InChI is InChI=1S/C18H12BrN3O6/c19-13-6-2-3-7-14(13)21-10-11(9-20-21)16(23)12-5-1-4-8-15(12)28-17(18(24)25)22(26)27/h1-10,17H,(H,24,25). The summed E-state index contributed by atoms with van der Waals surface area (Å²) in [4.78, 5) is 33.7. The second kappa shape index (κ2) is 8.01. The molecule has 2 aromatic carbocycles. The molecule has 0 radical (unpaired) electrons. The lowest BCUT2D eigenvalue weighted by Gasteiger charge is -2.11. The predicted molar refractivity (Wildman–Crippen MR) is 100 cm³/mol. The van der Waals surface area contributed by atoms with Crippen LogP contribution in [-0.4, -0.2) is 37.8 Å². The first kappa shape index (κ1) is 19.2. The lowest BCUT2D eigenvalue weighted by atomic mass is 10.1. The molecule has 0 fully saturated rings. The van der Waals surface area contributed by atoms with Gasteiger partial charge in [-0.2, -0.15) is 5.10 Å². The van der Waals surface area contributed by atoms with Crippen LogP contribution in [0.25, 0.3) is 5.69 Å². The van der Waals surface area contributed by atoms with Gasteiger partial charge in [0, 0.05) is 10.7 Å². The molecular weight excluding hydrogens is 434 g/mol. The fraction of sp³-hybridized carbons (Fsp3) is 0.0556. The Labute approximate surface area is 166 Å². The van der Waals surface area contributed by atoms with Crippen molar-refractivity contribution in [2.75, 3.05) is 0 Å². The molecule has 1 heterocycles. The Morgan fingerprint density at radius 2 is 1.86 bits per heavy atom. The lowest BCUT2D eigenvalue weighted by Crippen LogP contribution is -2.35. The van der Waals surface area contributed by atoms with Crippen molar-refractivity contribution in [3.8, 4) is 11.4 Å². The molecule has 3 rings (SSSR count). The molecule has 0 spiro atoms. The zero-order valence-electron chi connectivity index (χ0n) is 14.1. The van der Waals surface area contributed by atoms with E-state index in [9.17, 15) is 19.7 Å². The second-order valence-corrected chi connectivity index (χ2v) is 6.40. The molecule has 0 saturated heterocycles. The summed E-state index contributed by atoms with van der Waals surface area (Å²) >= 11 is 3.40. The van der Waals surface area contributed by atoms with E-state index in [1.165, 1.54) is 35.3 Å². The van der Waals surface area contributed by atoms with Crippen molar-refractivity contribution in [2.45, 2.75) is 6.23 Å². The highest BCUT2D eigenvalue weighted by Crippen LogP contribution is 2.24. The molecule has 0 aliphatic heterocycles. The van der Waals surface area contributed by atoms with Gasteiger partial charge >= 0.3 is 12.2 Å². The summed E-state index contributed by atoms with van der Waals surface area (Å²) in [5, 5.41) is 24.0. The normalized spacial score (nSPS) is 11.6. The number of rotatable bonds is 7. The number of nitrogens with zero attached hydrogens (tertiary/aromatic N) is 3. The SMILES string of the molecule is O=C(c1cnn(-c2ccccc2Br)c1)c1ccccc1OC(C(=O)O)[N+](=O)[O-]. The lowest BCUT2D eigenvalue weighted by molar-refractivity contribution is -0.548. The van der Waals surface area contributed by atoms with E-state index in [0.717, 1.165) is 4.47 Å². The Kier molecular flexibility index (Phi) is 5.50. The number of ketones is 1. The third kappa shape index (κ3) is 3.91. The first-order valence-electron chi connectivity index (χ1n) is 7.84. The maximum Gasteiger partial charge on any atom is 0.451 e. The van der Waals surface area contributed by atoms with E-state index in [4.69, 9.17) is 9.84 Å². The number of ether oxygens (including phenoxy) is 1. The van der Waals surface area contributed by atoms with Crippen molar-refractivity contribution < 1.29 is 24.4 Å². The fourth-order valence-corrected chi connectivity index (χ4v) is 2.89. The number of benzene rings is 2. The zero-order valence-corrected chi connectivity index (χ0v) is 15.6. The number of para-hydroxylation sites is 2. The third-order valence-corrected chi connectivity index (χ3v) is 4.39. The molecule has 9 nitrogen and oxygen atoms in total. The molecule has 1 atom stereocenters. The van der Waals surface area contributed by atoms with Crippen molar-refractivity contribution in [3.63, 3.8) is 0 Å². The minimum absolute atomic E-state index is 0.0118. The largest absolute Gasteiger partial charge is 0.473 e. The molecule has 1 aromatic heterocycles. The number of nitro groups is 1. The summed E-state index contributed by atoms with van der Waals surface area (Å²) in [6.07, 6.45) is 0.527. The highest BCUT2D eigenvalue weighted by atomic mass is 79.9. The van der Waals surface area contributed by atoms with Gasteiger partial charge in [-0.05, 0) is 40.2 Å². The summed E-state index contributed by atoms with van der Waals surface area (Å²) in [5.74, 6) is -2.49. The van der Waals surface area contributed by atoms with Crippen LogP contribution >= 0.6 is 15.9 Å². The van der Waals surface area contributed by atoms with E-state index in [2.05, 4.69) is 21.0 Å². The quantitative estimate of drug-likeness (QED) is 0.256. The molecule has 3 aromatic rings. The van der Waals surface area contributed by atoms with E-state index in [-0.39, 0.29) is 16.9 Å². The van der Waals surface area contributed by atoms with Gasteiger partial charge in [-0.1, -0.05) is 24.3 Å². The number of hydrogen-bond donors (Lipinski definition) is 1. The highest BCUT2D eigenvalue weighted by molar-refractivity contribution is 9.10. The summed E-state index contributed by atoms with van der Waals surface area (Å²) in [6, 6.07) is 13.0. The first-order chi connectivity index (χ1) is 13.4. The minimum atomic E-state index is -2.32. The Balaban J connectivity index is 1.93. The molecule has 0 aliphatic carbocycles. The van der Waals surface area contributed by atoms with Gasteiger partial charge in [0.25, 0.3) is 0 Å². The van der Waals surface area contributed by atoms with Crippen molar-refractivity contribution in [2.24, 2.45) is 0 Å². The predicted octanol–water partition coefficient (Wildman–Crippen LogP) is 2.93. The van der Waals surface area contributed by atoms with Crippen LogP contribution in [0.2, 0.25) is 0 Å². The third-order valence-electron chi connectivity index (χ3n) is 3.72. The number of aliphatic carboxylic acids is 1. The number of hydrogen-bond acceptors (Lipinski definition) is 6. The molecule has 1 N–H and O–H groups in total. The van der Waals surface area contributed by atoms with Gasteiger partial charge in [0.2, 0.25) is 0 Å². The van der Waals surface area contributed by atoms with Crippen molar-refractivity contribution in [3.05, 3.63) is 86.6 Å². The van der Waals surface area contributed by atoms with Crippen LogP contribution in [0.5, 0.6) is 5.75 Å². The number of aromatic nitrogens is 2. The molecule has 1 unspecified atom stereocenters. The Bertz CT molecular complexity index is 1050.